The van der Waals surface area contributed by atoms with Crippen molar-refractivity contribution in [2.24, 2.45) is 13.0 Å². The van der Waals surface area contributed by atoms with Gasteiger partial charge in [-0.05, 0) is 55.4 Å². The molecule has 1 aromatic carbocycles. The first-order chi connectivity index (χ1) is 17.0. The number of aldehydes is 1. The van der Waals surface area contributed by atoms with Crippen LogP contribution in [0, 0.1) is 18.7 Å². The Kier molecular flexibility index (Phi) is 6.35. The van der Waals surface area contributed by atoms with Gasteiger partial charge in [0.1, 0.15) is 18.2 Å². The Morgan fingerprint density at radius 1 is 1.20 bits per heavy atom. The van der Waals surface area contributed by atoms with Gasteiger partial charge in [-0.3, -0.25) is 4.79 Å². The summed E-state index contributed by atoms with van der Waals surface area (Å²) in [5.74, 6) is 2.22. The number of hydrogen-bond donors (Lipinski definition) is 0. The van der Waals surface area contributed by atoms with Crippen LogP contribution in [-0.4, -0.2) is 30.8 Å². The van der Waals surface area contributed by atoms with E-state index in [4.69, 9.17) is 4.74 Å². The minimum Gasteiger partial charge on any atom is -0.473 e. The molecule has 0 amide bonds. The number of imidazole rings is 1. The second kappa shape index (κ2) is 9.74. The summed E-state index contributed by atoms with van der Waals surface area (Å²) in [7, 11) is 1.97. The number of allylic oxidation sites excluding steroid dienone is 2. The Hall–Kier alpha value is -3.94. The third kappa shape index (κ3) is 4.96. The predicted molar refractivity (Wildman–Crippen MR) is 130 cm³/mol. The first kappa shape index (κ1) is 22.8. The molecule has 0 bridgehead atoms. The van der Waals surface area contributed by atoms with Gasteiger partial charge in [-0.2, -0.15) is 4.98 Å². The maximum Gasteiger partial charge on any atom is 0.217 e. The third-order valence-corrected chi connectivity index (χ3v) is 6.48. The molecule has 0 aliphatic heterocycles. The molecule has 4 aromatic rings. The number of aryl methyl sites for hydroxylation is 2. The van der Waals surface area contributed by atoms with Gasteiger partial charge in [0.25, 0.3) is 0 Å². The number of carbonyl (C=O) groups excluding carboxylic acids is 1. The Morgan fingerprint density at radius 2 is 2.09 bits per heavy atom. The molecule has 0 radical (unpaired) electrons. The quantitative estimate of drug-likeness (QED) is 0.352. The highest BCUT2D eigenvalue weighted by atomic mass is 19.1. The van der Waals surface area contributed by atoms with Crippen LogP contribution in [-0.2, 0) is 20.1 Å². The van der Waals surface area contributed by atoms with E-state index >= 15 is 0 Å². The lowest BCUT2D eigenvalue weighted by molar-refractivity contribution is 0.112. The Labute approximate surface area is 202 Å². The lowest BCUT2D eigenvalue weighted by Crippen LogP contribution is -2.12. The second-order valence-electron chi connectivity index (χ2n) is 8.99. The van der Waals surface area contributed by atoms with Gasteiger partial charge in [-0.15, -0.1) is 0 Å². The number of aromatic nitrogens is 5. The SMILES string of the molecule is Cc1ccc(COc2ccnc(C3=CCC(Cc4nc5ncc(C=O)cc5n4C)CC3)n2)c(F)c1. The molecule has 3 aromatic heterocycles. The number of hydrogen-bond acceptors (Lipinski definition) is 6. The van der Waals surface area contributed by atoms with E-state index in [1.54, 1.807) is 24.5 Å². The third-order valence-electron chi connectivity index (χ3n) is 6.48. The summed E-state index contributed by atoms with van der Waals surface area (Å²) >= 11 is 0. The number of ether oxygens (including phenoxy) is 1. The highest BCUT2D eigenvalue weighted by Crippen LogP contribution is 2.31. The average molecular weight is 472 g/mol. The number of carbonyl (C=O) groups is 1. The summed E-state index contributed by atoms with van der Waals surface area (Å²) in [6.45, 7) is 1.97. The topological polar surface area (TPSA) is 82.8 Å². The van der Waals surface area contributed by atoms with Crippen molar-refractivity contribution >= 4 is 23.0 Å². The maximum atomic E-state index is 14.1. The van der Waals surface area contributed by atoms with Gasteiger partial charge < -0.3 is 9.30 Å². The molecule has 1 aliphatic rings. The molecule has 8 heteroatoms. The van der Waals surface area contributed by atoms with Crippen LogP contribution in [0.15, 0.2) is 48.8 Å². The van der Waals surface area contributed by atoms with Gasteiger partial charge in [-0.1, -0.05) is 18.2 Å². The fraction of sp³-hybridized carbons (Fsp3) is 0.296. The minimum atomic E-state index is -0.277. The van der Waals surface area contributed by atoms with Crippen LogP contribution in [0.2, 0.25) is 0 Å². The van der Waals surface area contributed by atoms with E-state index < -0.39 is 0 Å². The smallest absolute Gasteiger partial charge is 0.217 e. The minimum absolute atomic E-state index is 0.116. The van der Waals surface area contributed by atoms with E-state index in [0.29, 0.717) is 34.4 Å². The van der Waals surface area contributed by atoms with Crippen molar-refractivity contribution < 1.29 is 13.9 Å². The van der Waals surface area contributed by atoms with Crippen LogP contribution in [0.4, 0.5) is 4.39 Å². The zero-order chi connectivity index (χ0) is 24.4. The summed E-state index contributed by atoms with van der Waals surface area (Å²) in [6.07, 6.45) is 9.80. The number of fused-ring (bicyclic) bond motifs is 1. The summed E-state index contributed by atoms with van der Waals surface area (Å²) < 4.78 is 21.9. The molecule has 0 saturated carbocycles. The molecule has 35 heavy (non-hydrogen) atoms. The average Bonchev–Trinajstić information content (AvgIpc) is 3.18. The van der Waals surface area contributed by atoms with Crippen LogP contribution >= 0.6 is 0 Å². The van der Waals surface area contributed by atoms with Crippen molar-refractivity contribution in [3.63, 3.8) is 0 Å². The summed E-state index contributed by atoms with van der Waals surface area (Å²) in [4.78, 5) is 29.0. The monoisotopic (exact) mass is 471 g/mol. The lowest BCUT2D eigenvalue weighted by Gasteiger charge is -2.21. The molecule has 5 rings (SSSR count). The zero-order valence-electron chi connectivity index (χ0n) is 19.7. The normalized spacial score (nSPS) is 15.7. The van der Waals surface area contributed by atoms with Crippen molar-refractivity contribution in [1.29, 1.82) is 0 Å². The number of nitrogens with zero attached hydrogens (tertiary/aromatic N) is 5. The fourth-order valence-electron chi connectivity index (χ4n) is 4.41. The van der Waals surface area contributed by atoms with Gasteiger partial charge in [0.05, 0.1) is 5.52 Å². The van der Waals surface area contributed by atoms with Gasteiger partial charge in [0.15, 0.2) is 17.8 Å². The second-order valence-corrected chi connectivity index (χ2v) is 8.99. The van der Waals surface area contributed by atoms with Crippen molar-refractivity contribution in [2.75, 3.05) is 0 Å². The van der Waals surface area contributed by atoms with E-state index in [-0.39, 0.29) is 12.4 Å². The number of rotatable bonds is 7. The van der Waals surface area contributed by atoms with Crippen LogP contribution in [0.5, 0.6) is 5.88 Å². The first-order valence-electron chi connectivity index (χ1n) is 11.7. The molecule has 0 spiro atoms. The van der Waals surface area contributed by atoms with E-state index in [9.17, 15) is 9.18 Å². The van der Waals surface area contributed by atoms with Crippen molar-refractivity contribution in [3.8, 4) is 5.88 Å². The van der Waals surface area contributed by atoms with Crippen LogP contribution < -0.4 is 4.74 Å². The summed E-state index contributed by atoms with van der Waals surface area (Å²) in [6, 6.07) is 8.61. The highest BCUT2D eigenvalue weighted by Gasteiger charge is 2.20. The van der Waals surface area contributed by atoms with Gasteiger partial charge in [0, 0.05) is 43.1 Å². The van der Waals surface area contributed by atoms with Crippen molar-refractivity contribution in [3.05, 3.63) is 83.0 Å². The first-order valence-corrected chi connectivity index (χ1v) is 11.7. The molecule has 1 unspecified atom stereocenters. The molecule has 1 atom stereocenters. The van der Waals surface area contributed by atoms with E-state index in [2.05, 4.69) is 26.0 Å². The molecular formula is C27H26FN5O2. The van der Waals surface area contributed by atoms with Gasteiger partial charge >= 0.3 is 0 Å². The molecule has 0 N–H and O–H groups in total. The Balaban J connectivity index is 1.24. The zero-order valence-corrected chi connectivity index (χ0v) is 19.7. The number of halogens is 1. The number of pyridine rings is 1. The molecule has 178 valence electrons. The largest absolute Gasteiger partial charge is 0.473 e. The molecular weight excluding hydrogens is 445 g/mol. The van der Waals surface area contributed by atoms with E-state index in [0.717, 1.165) is 54.4 Å². The van der Waals surface area contributed by atoms with E-state index in [1.165, 1.54) is 6.07 Å². The molecule has 0 fully saturated rings. The van der Waals surface area contributed by atoms with E-state index in [1.807, 2.05) is 30.7 Å². The van der Waals surface area contributed by atoms with Crippen molar-refractivity contribution in [1.82, 2.24) is 24.5 Å². The lowest BCUT2D eigenvalue weighted by atomic mass is 9.87. The van der Waals surface area contributed by atoms with Gasteiger partial charge in [0.2, 0.25) is 5.88 Å². The molecule has 7 nitrogen and oxygen atoms in total. The van der Waals surface area contributed by atoms with Crippen LogP contribution in [0.25, 0.3) is 16.7 Å². The Bertz CT molecular complexity index is 1430. The summed E-state index contributed by atoms with van der Waals surface area (Å²) in [5.41, 5.74) is 4.54. The molecule has 3 heterocycles. The fourth-order valence-corrected chi connectivity index (χ4v) is 4.41. The standard InChI is InChI=1S/C27H26FN5O2/c1-17-3-6-21(22(28)11-17)16-35-25-9-10-29-26(32-25)20-7-4-18(5-8-20)13-24-31-27-23(33(24)2)12-19(15-34)14-30-27/h3,6-7,9-12,14-15,18H,4-5,8,13,16H2,1-2H3. The van der Waals surface area contributed by atoms with Crippen LogP contribution in [0.1, 0.15) is 52.4 Å². The maximum absolute atomic E-state index is 14.1. The predicted octanol–water partition coefficient (Wildman–Crippen LogP) is 5.02. The Morgan fingerprint density at radius 3 is 2.86 bits per heavy atom. The highest BCUT2D eigenvalue weighted by molar-refractivity contribution is 5.82. The summed E-state index contributed by atoms with van der Waals surface area (Å²) in [5, 5.41) is 0. The van der Waals surface area contributed by atoms with Gasteiger partial charge in [-0.25, -0.2) is 19.3 Å². The van der Waals surface area contributed by atoms with Crippen molar-refractivity contribution in [2.45, 2.75) is 39.2 Å². The number of benzene rings is 1. The van der Waals surface area contributed by atoms with Crippen LogP contribution in [0.3, 0.4) is 0 Å². The molecule has 1 aliphatic carbocycles. The molecule has 0 saturated heterocycles.